The van der Waals surface area contributed by atoms with Gasteiger partial charge in [0.2, 0.25) is 0 Å². The standard InChI is InChI=1S/C14H23NO4/c1-10(16)11(2)19-14(17-3)13(15)18-9-12-7-5-4-6-8-12/h4-8,10-11,13-14,16H,9,15H2,1-3H3/t10-,11?,13?,14?/m0/s1. The molecule has 0 amide bonds. The molecular formula is C14H23NO4. The van der Waals surface area contributed by atoms with Gasteiger partial charge in [0.05, 0.1) is 18.8 Å². The molecule has 1 aromatic rings. The normalized spacial score (nSPS) is 17.7. The van der Waals surface area contributed by atoms with Crippen molar-refractivity contribution in [3.05, 3.63) is 35.9 Å². The van der Waals surface area contributed by atoms with E-state index in [1.54, 1.807) is 13.8 Å². The van der Waals surface area contributed by atoms with Crippen LogP contribution in [0.3, 0.4) is 0 Å². The minimum Gasteiger partial charge on any atom is -0.391 e. The number of rotatable bonds is 8. The summed E-state index contributed by atoms with van der Waals surface area (Å²) in [7, 11) is 1.49. The molecule has 0 aliphatic heterocycles. The Morgan fingerprint density at radius 3 is 2.37 bits per heavy atom. The zero-order chi connectivity index (χ0) is 14.3. The average molecular weight is 269 g/mol. The molecule has 0 aromatic heterocycles. The third-order valence-electron chi connectivity index (χ3n) is 2.81. The summed E-state index contributed by atoms with van der Waals surface area (Å²) >= 11 is 0. The molecule has 5 nitrogen and oxygen atoms in total. The Hall–Kier alpha value is -0.980. The van der Waals surface area contributed by atoms with Gasteiger partial charge >= 0.3 is 0 Å². The third-order valence-corrected chi connectivity index (χ3v) is 2.81. The first kappa shape index (κ1) is 16.1. The van der Waals surface area contributed by atoms with Crippen molar-refractivity contribution in [2.75, 3.05) is 7.11 Å². The molecule has 0 saturated heterocycles. The van der Waals surface area contributed by atoms with Gasteiger partial charge in [0.15, 0.2) is 12.5 Å². The summed E-state index contributed by atoms with van der Waals surface area (Å²) in [4.78, 5) is 0. The van der Waals surface area contributed by atoms with Crippen LogP contribution in [0.2, 0.25) is 0 Å². The minimum atomic E-state index is -0.716. The van der Waals surface area contributed by atoms with E-state index in [-0.39, 0.29) is 6.10 Å². The fourth-order valence-corrected chi connectivity index (χ4v) is 1.44. The van der Waals surface area contributed by atoms with E-state index in [1.807, 2.05) is 30.3 Å². The second kappa shape index (κ2) is 8.24. The number of hydrogen-bond acceptors (Lipinski definition) is 5. The summed E-state index contributed by atoms with van der Waals surface area (Å²) in [5, 5.41) is 9.39. The van der Waals surface area contributed by atoms with E-state index < -0.39 is 18.6 Å². The van der Waals surface area contributed by atoms with E-state index in [0.29, 0.717) is 6.61 Å². The molecule has 4 atom stereocenters. The van der Waals surface area contributed by atoms with Crippen molar-refractivity contribution in [3.8, 4) is 0 Å². The molecule has 0 bridgehead atoms. The van der Waals surface area contributed by atoms with Crippen LogP contribution in [0.25, 0.3) is 0 Å². The lowest BCUT2D eigenvalue weighted by Crippen LogP contribution is -2.43. The summed E-state index contributed by atoms with van der Waals surface area (Å²) in [6.07, 6.45) is -2.41. The lowest BCUT2D eigenvalue weighted by Gasteiger charge is -2.27. The quantitative estimate of drug-likeness (QED) is 0.695. The van der Waals surface area contributed by atoms with E-state index in [1.165, 1.54) is 7.11 Å². The molecule has 3 N–H and O–H groups in total. The van der Waals surface area contributed by atoms with Crippen LogP contribution in [0.15, 0.2) is 30.3 Å². The van der Waals surface area contributed by atoms with Gasteiger partial charge in [0, 0.05) is 7.11 Å². The predicted octanol–water partition coefficient (Wildman–Crippen LogP) is 1.25. The Kier molecular flexibility index (Phi) is 6.97. The van der Waals surface area contributed by atoms with Crippen molar-refractivity contribution >= 4 is 0 Å². The zero-order valence-electron chi connectivity index (χ0n) is 11.7. The van der Waals surface area contributed by atoms with Crippen LogP contribution in [0.4, 0.5) is 0 Å². The van der Waals surface area contributed by atoms with Gasteiger partial charge in [0.25, 0.3) is 0 Å². The molecule has 5 heteroatoms. The second-order valence-electron chi connectivity index (χ2n) is 4.45. The van der Waals surface area contributed by atoms with E-state index in [0.717, 1.165) is 5.56 Å². The van der Waals surface area contributed by atoms with Gasteiger partial charge in [-0.1, -0.05) is 30.3 Å². The average Bonchev–Trinajstić information content (AvgIpc) is 2.42. The topological polar surface area (TPSA) is 73.9 Å². The van der Waals surface area contributed by atoms with Crippen LogP contribution < -0.4 is 5.73 Å². The van der Waals surface area contributed by atoms with Crippen LogP contribution in [0.1, 0.15) is 19.4 Å². The van der Waals surface area contributed by atoms with Crippen molar-refractivity contribution < 1.29 is 19.3 Å². The predicted molar refractivity (Wildman–Crippen MR) is 72.2 cm³/mol. The van der Waals surface area contributed by atoms with Gasteiger partial charge in [-0.15, -0.1) is 0 Å². The molecule has 19 heavy (non-hydrogen) atoms. The number of aliphatic hydroxyl groups excluding tert-OH is 1. The summed E-state index contributed by atoms with van der Waals surface area (Å²) < 4.78 is 16.1. The maximum Gasteiger partial charge on any atom is 0.197 e. The van der Waals surface area contributed by atoms with Crippen LogP contribution in [0, 0.1) is 0 Å². The summed E-state index contributed by atoms with van der Waals surface area (Å²) in [5.41, 5.74) is 6.90. The highest BCUT2D eigenvalue weighted by atomic mass is 16.7. The molecule has 3 unspecified atom stereocenters. The maximum absolute atomic E-state index is 9.39. The van der Waals surface area contributed by atoms with Gasteiger partial charge in [0.1, 0.15) is 0 Å². The van der Waals surface area contributed by atoms with Gasteiger partial charge in [-0.25, -0.2) is 0 Å². The van der Waals surface area contributed by atoms with Crippen LogP contribution in [-0.2, 0) is 20.8 Å². The molecule has 0 aliphatic carbocycles. The first-order valence-corrected chi connectivity index (χ1v) is 6.32. The number of benzene rings is 1. The molecule has 108 valence electrons. The Balaban J connectivity index is 2.43. The molecular weight excluding hydrogens is 246 g/mol. The third kappa shape index (κ3) is 5.67. The first-order valence-electron chi connectivity index (χ1n) is 6.32. The van der Waals surface area contributed by atoms with Gasteiger partial charge < -0.3 is 25.1 Å². The molecule has 0 aliphatic rings. The smallest absolute Gasteiger partial charge is 0.197 e. The number of ether oxygens (including phenoxy) is 3. The molecule has 0 saturated carbocycles. The van der Waals surface area contributed by atoms with Crippen molar-refractivity contribution in [1.29, 1.82) is 0 Å². The lowest BCUT2D eigenvalue weighted by atomic mass is 10.2. The molecule has 0 heterocycles. The molecule has 0 fully saturated rings. The fraction of sp³-hybridized carbons (Fsp3) is 0.571. The van der Waals surface area contributed by atoms with Gasteiger partial charge in [-0.2, -0.15) is 0 Å². The summed E-state index contributed by atoms with van der Waals surface area (Å²) in [6, 6.07) is 9.71. The van der Waals surface area contributed by atoms with E-state index in [4.69, 9.17) is 19.9 Å². The van der Waals surface area contributed by atoms with Crippen LogP contribution in [-0.4, -0.2) is 36.9 Å². The largest absolute Gasteiger partial charge is 0.391 e. The van der Waals surface area contributed by atoms with Crippen molar-refractivity contribution in [2.45, 2.75) is 45.2 Å². The molecule has 1 aromatic carbocycles. The number of aliphatic hydroxyl groups is 1. The lowest BCUT2D eigenvalue weighted by molar-refractivity contribution is -0.226. The highest BCUT2D eigenvalue weighted by molar-refractivity contribution is 5.13. The second-order valence-corrected chi connectivity index (χ2v) is 4.45. The van der Waals surface area contributed by atoms with E-state index in [9.17, 15) is 5.11 Å². The number of hydrogen-bond donors (Lipinski definition) is 2. The van der Waals surface area contributed by atoms with Crippen molar-refractivity contribution in [1.82, 2.24) is 0 Å². The monoisotopic (exact) mass is 269 g/mol. The highest BCUT2D eigenvalue weighted by Gasteiger charge is 2.23. The summed E-state index contributed by atoms with van der Waals surface area (Å²) in [6.45, 7) is 3.78. The van der Waals surface area contributed by atoms with Crippen LogP contribution in [0.5, 0.6) is 0 Å². The fourth-order valence-electron chi connectivity index (χ4n) is 1.44. The summed E-state index contributed by atoms with van der Waals surface area (Å²) in [5.74, 6) is 0. The Labute approximate surface area is 114 Å². The minimum absolute atomic E-state index is 0.378. The van der Waals surface area contributed by atoms with Crippen molar-refractivity contribution in [2.24, 2.45) is 5.73 Å². The molecule has 0 spiro atoms. The Morgan fingerprint density at radius 2 is 1.84 bits per heavy atom. The van der Waals surface area contributed by atoms with Crippen LogP contribution >= 0.6 is 0 Å². The highest BCUT2D eigenvalue weighted by Crippen LogP contribution is 2.09. The SMILES string of the molecule is COC(OC(C)[C@H](C)O)C(N)OCc1ccccc1. The molecule has 1 rings (SSSR count). The van der Waals surface area contributed by atoms with Gasteiger partial charge in [-0.3, -0.25) is 0 Å². The van der Waals surface area contributed by atoms with Gasteiger partial charge in [-0.05, 0) is 19.4 Å². The Bertz CT molecular complexity index is 345. The number of nitrogens with two attached hydrogens (primary N) is 1. The molecule has 0 radical (unpaired) electrons. The van der Waals surface area contributed by atoms with Crippen molar-refractivity contribution in [3.63, 3.8) is 0 Å². The zero-order valence-corrected chi connectivity index (χ0v) is 11.7. The van der Waals surface area contributed by atoms with E-state index in [2.05, 4.69) is 0 Å². The first-order chi connectivity index (χ1) is 9.04. The maximum atomic E-state index is 9.39. The Morgan fingerprint density at radius 1 is 1.21 bits per heavy atom. The van der Waals surface area contributed by atoms with E-state index >= 15 is 0 Å². The number of methoxy groups -OCH3 is 1.